The minimum Gasteiger partial charge on any atom is -0.481 e. The third-order valence-electron chi connectivity index (χ3n) is 3.30. The molecule has 17 heavy (non-hydrogen) atoms. The van der Waals surface area contributed by atoms with Gasteiger partial charge in [0.25, 0.3) is 0 Å². The van der Waals surface area contributed by atoms with E-state index in [0.717, 1.165) is 32.3 Å². The van der Waals surface area contributed by atoms with Crippen molar-refractivity contribution in [2.45, 2.75) is 50.7 Å². The molecule has 1 aliphatic heterocycles. The lowest BCUT2D eigenvalue weighted by Gasteiger charge is -2.23. The van der Waals surface area contributed by atoms with Gasteiger partial charge >= 0.3 is 5.97 Å². The molecule has 96 valence electrons. The number of carbonyl (C=O) groups excluding carboxylic acids is 1. The molecule has 2 fully saturated rings. The van der Waals surface area contributed by atoms with E-state index in [0.29, 0.717) is 13.0 Å². The molecule has 1 aliphatic carbocycles. The molecule has 1 N–H and O–H groups in total. The Morgan fingerprint density at radius 3 is 2.59 bits per heavy atom. The van der Waals surface area contributed by atoms with Crippen molar-refractivity contribution in [1.82, 2.24) is 4.90 Å². The molecule has 0 radical (unpaired) electrons. The number of carboxylic acids is 1. The predicted octanol–water partition coefficient (Wildman–Crippen LogP) is 1.02. The Labute approximate surface area is 101 Å². The van der Waals surface area contributed by atoms with Gasteiger partial charge < -0.3 is 14.7 Å². The third-order valence-corrected chi connectivity index (χ3v) is 3.30. The fourth-order valence-corrected chi connectivity index (χ4v) is 2.23. The molecule has 2 aliphatic rings. The number of ether oxygens (including phenoxy) is 1. The first-order valence-electron chi connectivity index (χ1n) is 6.29. The van der Waals surface area contributed by atoms with Crippen molar-refractivity contribution < 1.29 is 19.4 Å². The first kappa shape index (κ1) is 12.4. The summed E-state index contributed by atoms with van der Waals surface area (Å²) in [5.41, 5.74) is 0. The van der Waals surface area contributed by atoms with Crippen LogP contribution in [0.15, 0.2) is 0 Å². The van der Waals surface area contributed by atoms with Gasteiger partial charge in [0.05, 0.1) is 18.9 Å². The average Bonchev–Trinajstić information content (AvgIpc) is 2.97. The summed E-state index contributed by atoms with van der Waals surface area (Å²) in [6.07, 6.45) is 4.49. The number of nitrogens with zero attached hydrogens (tertiary/aromatic N) is 1. The molecule has 1 heterocycles. The Morgan fingerprint density at radius 1 is 1.29 bits per heavy atom. The van der Waals surface area contributed by atoms with Crippen LogP contribution >= 0.6 is 0 Å². The number of carbonyl (C=O) groups is 2. The molecule has 1 amide bonds. The highest BCUT2D eigenvalue weighted by atomic mass is 16.5. The lowest BCUT2D eigenvalue weighted by Crippen LogP contribution is -2.36. The second-order valence-electron chi connectivity index (χ2n) is 4.80. The van der Waals surface area contributed by atoms with Gasteiger partial charge in [-0.3, -0.25) is 9.59 Å². The fourth-order valence-electron chi connectivity index (χ4n) is 2.23. The second-order valence-corrected chi connectivity index (χ2v) is 4.80. The first-order valence-corrected chi connectivity index (χ1v) is 6.29. The molecule has 5 nitrogen and oxygen atoms in total. The number of aliphatic carboxylic acids is 1. The minimum atomic E-state index is -0.847. The van der Waals surface area contributed by atoms with Crippen LogP contribution in [-0.4, -0.2) is 47.2 Å². The molecule has 0 aromatic carbocycles. The van der Waals surface area contributed by atoms with E-state index in [4.69, 9.17) is 9.84 Å². The summed E-state index contributed by atoms with van der Waals surface area (Å²) in [5.74, 6) is -0.791. The van der Waals surface area contributed by atoms with Crippen molar-refractivity contribution in [2.75, 3.05) is 13.2 Å². The van der Waals surface area contributed by atoms with Crippen molar-refractivity contribution >= 4 is 11.9 Å². The smallest absolute Gasteiger partial charge is 0.305 e. The van der Waals surface area contributed by atoms with Crippen LogP contribution in [0.2, 0.25) is 0 Å². The quantitative estimate of drug-likeness (QED) is 0.754. The largest absolute Gasteiger partial charge is 0.481 e. The topological polar surface area (TPSA) is 66.8 Å². The van der Waals surface area contributed by atoms with Crippen molar-refractivity contribution in [3.8, 4) is 0 Å². The molecule has 0 bridgehead atoms. The molecule has 0 spiro atoms. The summed E-state index contributed by atoms with van der Waals surface area (Å²) >= 11 is 0. The van der Waals surface area contributed by atoms with Gasteiger partial charge in [-0.2, -0.15) is 0 Å². The van der Waals surface area contributed by atoms with Crippen molar-refractivity contribution in [3.63, 3.8) is 0 Å². The summed E-state index contributed by atoms with van der Waals surface area (Å²) in [7, 11) is 0. The number of hydrogen-bond acceptors (Lipinski definition) is 3. The van der Waals surface area contributed by atoms with E-state index in [9.17, 15) is 9.59 Å². The van der Waals surface area contributed by atoms with Gasteiger partial charge in [-0.1, -0.05) is 0 Å². The molecule has 1 saturated heterocycles. The molecule has 0 aromatic heterocycles. The summed E-state index contributed by atoms with van der Waals surface area (Å²) in [5, 5.41) is 8.67. The highest BCUT2D eigenvalue weighted by Crippen LogP contribution is 2.28. The van der Waals surface area contributed by atoms with Crippen LogP contribution in [0.1, 0.15) is 38.5 Å². The van der Waals surface area contributed by atoms with Crippen LogP contribution in [0.5, 0.6) is 0 Å². The summed E-state index contributed by atoms with van der Waals surface area (Å²) in [4.78, 5) is 24.3. The fraction of sp³-hybridized carbons (Fsp3) is 0.833. The van der Waals surface area contributed by atoms with E-state index in [1.807, 2.05) is 0 Å². The Kier molecular flexibility index (Phi) is 3.99. The van der Waals surface area contributed by atoms with Crippen molar-refractivity contribution in [3.05, 3.63) is 0 Å². The lowest BCUT2D eigenvalue weighted by molar-refractivity contribution is -0.139. The number of carboxylic acid groups (broad SMARTS) is 1. The summed E-state index contributed by atoms with van der Waals surface area (Å²) in [6.45, 7) is 1.09. The highest BCUT2D eigenvalue weighted by molar-refractivity contribution is 5.78. The summed E-state index contributed by atoms with van der Waals surface area (Å²) < 4.78 is 5.44. The molecule has 2 rings (SSSR count). The van der Waals surface area contributed by atoms with Crippen molar-refractivity contribution in [2.24, 2.45) is 0 Å². The molecular weight excluding hydrogens is 222 g/mol. The van der Waals surface area contributed by atoms with Crippen LogP contribution in [0, 0.1) is 0 Å². The number of rotatable bonds is 6. The monoisotopic (exact) mass is 241 g/mol. The van der Waals surface area contributed by atoms with Gasteiger partial charge in [-0.25, -0.2) is 0 Å². The molecule has 1 atom stereocenters. The maximum Gasteiger partial charge on any atom is 0.305 e. The first-order chi connectivity index (χ1) is 8.16. The van der Waals surface area contributed by atoms with E-state index in [-0.39, 0.29) is 24.5 Å². The van der Waals surface area contributed by atoms with E-state index >= 15 is 0 Å². The van der Waals surface area contributed by atoms with E-state index in [1.54, 1.807) is 4.90 Å². The number of hydrogen-bond donors (Lipinski definition) is 1. The van der Waals surface area contributed by atoms with Crippen LogP contribution in [-0.2, 0) is 14.3 Å². The molecule has 1 saturated carbocycles. The lowest BCUT2D eigenvalue weighted by atomic mass is 10.1. The zero-order chi connectivity index (χ0) is 12.3. The highest BCUT2D eigenvalue weighted by Gasteiger charge is 2.33. The summed E-state index contributed by atoms with van der Waals surface area (Å²) in [6, 6.07) is 0.281. The van der Waals surface area contributed by atoms with Crippen molar-refractivity contribution in [1.29, 1.82) is 0 Å². The van der Waals surface area contributed by atoms with Gasteiger partial charge in [0.2, 0.25) is 5.91 Å². The average molecular weight is 241 g/mol. The van der Waals surface area contributed by atoms with Gasteiger partial charge in [-0.05, 0) is 25.7 Å². The molecule has 0 aromatic rings. The van der Waals surface area contributed by atoms with Gasteiger partial charge in [0.1, 0.15) is 0 Å². The predicted molar refractivity (Wildman–Crippen MR) is 60.6 cm³/mol. The van der Waals surface area contributed by atoms with E-state index < -0.39 is 5.97 Å². The van der Waals surface area contributed by atoms with Crippen LogP contribution in [0.25, 0.3) is 0 Å². The zero-order valence-electron chi connectivity index (χ0n) is 9.93. The normalized spacial score (nSPS) is 23.6. The third kappa shape index (κ3) is 3.70. The van der Waals surface area contributed by atoms with Crippen LogP contribution < -0.4 is 0 Å². The second kappa shape index (κ2) is 5.49. The zero-order valence-corrected chi connectivity index (χ0v) is 9.93. The van der Waals surface area contributed by atoms with Crippen LogP contribution in [0.3, 0.4) is 0 Å². The Balaban J connectivity index is 1.81. The maximum absolute atomic E-state index is 12.0. The molecule has 5 heteroatoms. The Bertz CT molecular complexity index is 295. The van der Waals surface area contributed by atoms with Gasteiger partial charge in [-0.15, -0.1) is 0 Å². The SMILES string of the molecule is O=C(O)CCN(C(=O)CC1CCCO1)C1CC1. The Hall–Kier alpha value is -1.10. The molecule has 1 unspecified atom stereocenters. The standard InChI is InChI=1S/C12H19NO4/c14-11(8-10-2-1-7-17-10)13(9-3-4-9)6-5-12(15)16/h9-10H,1-8H2,(H,15,16). The minimum absolute atomic E-state index is 0.0355. The molecular formula is C12H19NO4. The Morgan fingerprint density at radius 2 is 2.06 bits per heavy atom. The van der Waals surface area contributed by atoms with Crippen LogP contribution in [0.4, 0.5) is 0 Å². The maximum atomic E-state index is 12.0. The van der Waals surface area contributed by atoms with Gasteiger partial charge in [0, 0.05) is 19.2 Å². The van der Waals surface area contributed by atoms with E-state index in [2.05, 4.69) is 0 Å². The van der Waals surface area contributed by atoms with Gasteiger partial charge in [0.15, 0.2) is 0 Å². The number of amides is 1. The van der Waals surface area contributed by atoms with E-state index in [1.165, 1.54) is 0 Å².